The lowest BCUT2D eigenvalue weighted by molar-refractivity contribution is -0.122. The molecule has 0 heterocycles. The first-order valence-electron chi connectivity index (χ1n) is 3.32. The first-order valence-corrected chi connectivity index (χ1v) is 3.32. The first-order chi connectivity index (χ1) is 4.54. The van der Waals surface area contributed by atoms with E-state index in [0.717, 1.165) is 0 Å². The average Bonchev–Trinajstić information content (AvgIpc) is 1.82. The Morgan fingerprint density at radius 2 is 2.00 bits per heavy atom. The number of Topliss-reactive ketones (excluding diaryl/α,β-unsaturated/α-hetero) is 1. The standard InChI is InChI=1S/C7H13NO2/c1-5(7(8)10)3-4-6(2)9/h5H,3-4H2,1-2H3,(H2,8,10). The molecule has 0 fully saturated rings. The largest absolute Gasteiger partial charge is 0.369 e. The molecule has 1 amide bonds. The van der Waals surface area contributed by atoms with Crippen LogP contribution in [0.4, 0.5) is 0 Å². The van der Waals surface area contributed by atoms with Gasteiger partial charge in [-0.3, -0.25) is 4.79 Å². The van der Waals surface area contributed by atoms with E-state index in [1.54, 1.807) is 6.92 Å². The Balaban J connectivity index is 3.49. The monoisotopic (exact) mass is 143 g/mol. The van der Waals surface area contributed by atoms with Crippen molar-refractivity contribution in [2.24, 2.45) is 11.7 Å². The molecule has 2 N–H and O–H groups in total. The number of primary amides is 1. The van der Waals surface area contributed by atoms with Gasteiger partial charge in [-0.15, -0.1) is 0 Å². The highest BCUT2D eigenvalue weighted by molar-refractivity contribution is 5.78. The molecule has 0 aliphatic heterocycles. The number of rotatable bonds is 4. The highest BCUT2D eigenvalue weighted by Gasteiger charge is 2.08. The van der Waals surface area contributed by atoms with Gasteiger partial charge in [-0.2, -0.15) is 0 Å². The van der Waals surface area contributed by atoms with E-state index in [9.17, 15) is 9.59 Å². The van der Waals surface area contributed by atoms with Gasteiger partial charge in [-0.25, -0.2) is 0 Å². The molecule has 0 spiro atoms. The van der Waals surface area contributed by atoms with Gasteiger partial charge in [0.05, 0.1) is 0 Å². The van der Waals surface area contributed by atoms with Crippen molar-refractivity contribution >= 4 is 11.7 Å². The predicted molar refractivity (Wildman–Crippen MR) is 38.3 cm³/mol. The average molecular weight is 143 g/mol. The maximum atomic E-state index is 10.4. The third kappa shape index (κ3) is 4.06. The van der Waals surface area contributed by atoms with Crippen LogP contribution in [0, 0.1) is 5.92 Å². The van der Waals surface area contributed by atoms with Gasteiger partial charge in [0, 0.05) is 12.3 Å². The number of ketones is 1. The van der Waals surface area contributed by atoms with Gasteiger partial charge in [-0.05, 0) is 13.3 Å². The number of amides is 1. The molecule has 58 valence electrons. The molecule has 1 atom stereocenters. The van der Waals surface area contributed by atoms with Crippen LogP contribution in [0.15, 0.2) is 0 Å². The van der Waals surface area contributed by atoms with Gasteiger partial charge < -0.3 is 10.5 Å². The minimum absolute atomic E-state index is 0.105. The van der Waals surface area contributed by atoms with Crippen LogP contribution in [0.3, 0.4) is 0 Å². The Morgan fingerprint density at radius 1 is 1.50 bits per heavy atom. The topological polar surface area (TPSA) is 60.2 Å². The van der Waals surface area contributed by atoms with Crippen molar-refractivity contribution in [3.63, 3.8) is 0 Å². The van der Waals surface area contributed by atoms with Crippen LogP contribution < -0.4 is 5.73 Å². The van der Waals surface area contributed by atoms with Gasteiger partial charge in [-0.1, -0.05) is 6.92 Å². The molecule has 0 aliphatic carbocycles. The van der Waals surface area contributed by atoms with Gasteiger partial charge >= 0.3 is 0 Å². The van der Waals surface area contributed by atoms with Gasteiger partial charge in [0.1, 0.15) is 5.78 Å². The summed E-state index contributed by atoms with van der Waals surface area (Å²) in [6.45, 7) is 3.24. The Morgan fingerprint density at radius 3 is 2.30 bits per heavy atom. The maximum Gasteiger partial charge on any atom is 0.220 e. The van der Waals surface area contributed by atoms with Crippen molar-refractivity contribution in [2.45, 2.75) is 26.7 Å². The van der Waals surface area contributed by atoms with E-state index in [1.807, 2.05) is 0 Å². The summed E-state index contributed by atoms with van der Waals surface area (Å²) in [6, 6.07) is 0. The molecule has 0 bridgehead atoms. The summed E-state index contributed by atoms with van der Waals surface area (Å²) < 4.78 is 0. The van der Waals surface area contributed by atoms with Crippen molar-refractivity contribution in [1.82, 2.24) is 0 Å². The second-order valence-electron chi connectivity index (χ2n) is 2.54. The number of nitrogens with two attached hydrogens (primary N) is 1. The molecule has 0 aliphatic rings. The van der Waals surface area contributed by atoms with Crippen LogP contribution in [0.25, 0.3) is 0 Å². The summed E-state index contributed by atoms with van der Waals surface area (Å²) in [5.74, 6) is -0.404. The van der Waals surface area contributed by atoms with E-state index in [1.165, 1.54) is 6.92 Å². The summed E-state index contributed by atoms with van der Waals surface area (Å²) in [5, 5.41) is 0. The van der Waals surface area contributed by atoms with Crippen molar-refractivity contribution in [3.8, 4) is 0 Å². The molecule has 0 rings (SSSR count). The molecule has 1 unspecified atom stereocenters. The Bertz CT molecular complexity index is 143. The first kappa shape index (κ1) is 9.14. The Hall–Kier alpha value is -0.860. The van der Waals surface area contributed by atoms with E-state index in [-0.39, 0.29) is 17.6 Å². The molecule has 0 aromatic rings. The molecule has 0 saturated carbocycles. The van der Waals surface area contributed by atoms with Crippen LogP contribution in [-0.4, -0.2) is 11.7 Å². The van der Waals surface area contributed by atoms with E-state index >= 15 is 0 Å². The highest BCUT2D eigenvalue weighted by atomic mass is 16.1. The second-order valence-corrected chi connectivity index (χ2v) is 2.54. The number of hydrogen-bond acceptors (Lipinski definition) is 2. The zero-order valence-electron chi connectivity index (χ0n) is 6.39. The summed E-state index contributed by atoms with van der Waals surface area (Å²) in [5.41, 5.74) is 4.97. The van der Waals surface area contributed by atoms with Crippen LogP contribution >= 0.6 is 0 Å². The minimum Gasteiger partial charge on any atom is -0.369 e. The molecule has 3 nitrogen and oxygen atoms in total. The number of carbonyl (C=O) groups excluding carboxylic acids is 2. The molecule has 0 radical (unpaired) electrons. The molecule has 10 heavy (non-hydrogen) atoms. The van der Waals surface area contributed by atoms with E-state index in [2.05, 4.69) is 0 Å². The third-order valence-electron chi connectivity index (χ3n) is 1.42. The lowest BCUT2D eigenvalue weighted by atomic mass is 10.0. The molecule has 0 aromatic heterocycles. The molecular formula is C7H13NO2. The summed E-state index contributed by atoms with van der Waals surface area (Å²) in [4.78, 5) is 20.8. The van der Waals surface area contributed by atoms with E-state index in [4.69, 9.17) is 5.73 Å². The van der Waals surface area contributed by atoms with Crippen LogP contribution in [0.2, 0.25) is 0 Å². The SMILES string of the molecule is CC(=O)CCC(C)C(N)=O. The van der Waals surface area contributed by atoms with Crippen molar-refractivity contribution in [2.75, 3.05) is 0 Å². The maximum absolute atomic E-state index is 10.4. The number of hydrogen-bond donors (Lipinski definition) is 1. The zero-order valence-corrected chi connectivity index (χ0v) is 6.39. The summed E-state index contributed by atoms with van der Waals surface area (Å²) in [6.07, 6.45) is 1.02. The van der Waals surface area contributed by atoms with Crippen molar-refractivity contribution in [3.05, 3.63) is 0 Å². The quantitative estimate of drug-likeness (QED) is 0.622. The lowest BCUT2D eigenvalue weighted by Gasteiger charge is -2.02. The molecule has 0 aromatic carbocycles. The molecule has 0 saturated heterocycles. The Labute approximate surface area is 60.6 Å². The summed E-state index contributed by atoms with van der Waals surface area (Å²) in [7, 11) is 0. The van der Waals surface area contributed by atoms with Crippen molar-refractivity contribution < 1.29 is 9.59 Å². The van der Waals surface area contributed by atoms with Crippen molar-refractivity contribution in [1.29, 1.82) is 0 Å². The fraction of sp³-hybridized carbons (Fsp3) is 0.714. The highest BCUT2D eigenvalue weighted by Crippen LogP contribution is 2.03. The molecular weight excluding hydrogens is 130 g/mol. The minimum atomic E-state index is -0.332. The fourth-order valence-corrected chi connectivity index (χ4v) is 0.562. The fourth-order valence-electron chi connectivity index (χ4n) is 0.562. The zero-order chi connectivity index (χ0) is 8.15. The van der Waals surface area contributed by atoms with Crippen LogP contribution in [0.1, 0.15) is 26.7 Å². The second kappa shape index (κ2) is 4.04. The summed E-state index contributed by atoms with van der Waals surface area (Å²) >= 11 is 0. The van der Waals surface area contributed by atoms with Crippen LogP contribution in [-0.2, 0) is 9.59 Å². The Kier molecular flexibility index (Phi) is 3.69. The third-order valence-corrected chi connectivity index (χ3v) is 1.42. The van der Waals surface area contributed by atoms with Gasteiger partial charge in [0.15, 0.2) is 0 Å². The normalized spacial score (nSPS) is 12.6. The van der Waals surface area contributed by atoms with Gasteiger partial charge in [0.25, 0.3) is 0 Å². The van der Waals surface area contributed by atoms with Gasteiger partial charge in [0.2, 0.25) is 5.91 Å². The van der Waals surface area contributed by atoms with E-state index in [0.29, 0.717) is 12.8 Å². The van der Waals surface area contributed by atoms with E-state index < -0.39 is 0 Å². The van der Waals surface area contributed by atoms with Crippen LogP contribution in [0.5, 0.6) is 0 Å². The smallest absolute Gasteiger partial charge is 0.220 e. The lowest BCUT2D eigenvalue weighted by Crippen LogP contribution is -2.20. The predicted octanol–water partition coefficient (Wildman–Crippen LogP) is 0.477. The number of carbonyl (C=O) groups is 2. The molecule has 3 heteroatoms.